The van der Waals surface area contributed by atoms with E-state index < -0.39 is 0 Å². The van der Waals surface area contributed by atoms with Crippen molar-refractivity contribution in [3.63, 3.8) is 0 Å². The lowest BCUT2D eigenvalue weighted by atomic mass is 9.78. The van der Waals surface area contributed by atoms with Gasteiger partial charge in [-0.2, -0.15) is 0 Å². The quantitative estimate of drug-likeness (QED) is 0.860. The maximum absolute atomic E-state index is 12.5. The molecule has 140 valence electrons. The van der Waals surface area contributed by atoms with Crippen molar-refractivity contribution in [2.24, 2.45) is 5.92 Å². The summed E-state index contributed by atoms with van der Waals surface area (Å²) in [6, 6.07) is 13.3. The van der Waals surface area contributed by atoms with Crippen molar-refractivity contribution in [3.05, 3.63) is 59.0 Å². The molecule has 1 aromatic heterocycles. The van der Waals surface area contributed by atoms with E-state index in [-0.39, 0.29) is 11.9 Å². The lowest BCUT2D eigenvalue weighted by Gasteiger charge is -2.37. The van der Waals surface area contributed by atoms with Crippen LogP contribution in [0.5, 0.6) is 0 Å². The van der Waals surface area contributed by atoms with Crippen LogP contribution in [0.15, 0.2) is 40.8 Å². The fraction of sp³-hybridized carbons (Fsp3) is 0.500. The molecular formula is C22H30N2O2. The molecule has 1 fully saturated rings. The van der Waals surface area contributed by atoms with Crippen molar-refractivity contribution in [2.75, 3.05) is 14.1 Å². The van der Waals surface area contributed by atoms with E-state index in [1.807, 2.05) is 19.9 Å². The van der Waals surface area contributed by atoms with Gasteiger partial charge in [0, 0.05) is 12.1 Å². The van der Waals surface area contributed by atoms with Crippen molar-refractivity contribution in [1.82, 2.24) is 10.2 Å². The Hall–Kier alpha value is -2.07. The summed E-state index contributed by atoms with van der Waals surface area (Å²) in [6.07, 6.45) is 4.32. The molecule has 1 aromatic carbocycles. The normalized spacial score (nSPS) is 21.6. The van der Waals surface area contributed by atoms with Crippen LogP contribution in [0.3, 0.4) is 0 Å². The first-order chi connectivity index (χ1) is 12.5. The van der Waals surface area contributed by atoms with Crippen molar-refractivity contribution in [1.29, 1.82) is 0 Å². The Bertz CT molecular complexity index is 728. The third-order valence-corrected chi connectivity index (χ3v) is 5.54. The van der Waals surface area contributed by atoms with Gasteiger partial charge in [-0.05, 0) is 71.2 Å². The average Bonchev–Trinajstić information content (AvgIpc) is 2.96. The lowest BCUT2D eigenvalue weighted by Crippen LogP contribution is -2.40. The number of nitrogens with zero attached hydrogens (tertiary/aromatic N) is 1. The summed E-state index contributed by atoms with van der Waals surface area (Å²) in [5.74, 6) is 2.10. The monoisotopic (exact) mass is 354 g/mol. The maximum Gasteiger partial charge on any atom is 0.255 e. The van der Waals surface area contributed by atoms with E-state index in [0.717, 1.165) is 31.4 Å². The number of furan rings is 1. The number of aryl methyl sites for hydroxylation is 2. The second-order valence-corrected chi connectivity index (χ2v) is 7.73. The van der Waals surface area contributed by atoms with Gasteiger partial charge in [-0.3, -0.25) is 4.79 Å². The molecule has 4 nitrogen and oxygen atoms in total. The van der Waals surface area contributed by atoms with Crippen molar-refractivity contribution in [2.45, 2.75) is 51.6 Å². The van der Waals surface area contributed by atoms with E-state index in [1.54, 1.807) is 0 Å². The summed E-state index contributed by atoms with van der Waals surface area (Å²) < 4.78 is 5.48. The maximum atomic E-state index is 12.5. The van der Waals surface area contributed by atoms with Crippen LogP contribution in [-0.4, -0.2) is 30.9 Å². The molecule has 4 heteroatoms. The zero-order valence-corrected chi connectivity index (χ0v) is 16.3. The first kappa shape index (κ1) is 18.7. The Morgan fingerprint density at radius 3 is 2.31 bits per heavy atom. The fourth-order valence-corrected chi connectivity index (χ4v) is 4.34. The Labute approximate surface area is 156 Å². The highest BCUT2D eigenvalue weighted by Gasteiger charge is 2.30. The SMILES string of the molecule is Cc1cc(C(=O)NC2CCC(C(c3ccccc3)N(C)C)CC2)c(C)o1. The molecule has 1 atom stereocenters. The van der Waals surface area contributed by atoms with Gasteiger partial charge in [0.15, 0.2) is 0 Å². The Morgan fingerprint density at radius 1 is 1.12 bits per heavy atom. The molecule has 2 aromatic rings. The van der Waals surface area contributed by atoms with Gasteiger partial charge in [-0.25, -0.2) is 0 Å². The van der Waals surface area contributed by atoms with Crippen LogP contribution in [0.1, 0.15) is 59.2 Å². The molecule has 1 unspecified atom stereocenters. The fourth-order valence-electron chi connectivity index (χ4n) is 4.34. The number of nitrogens with one attached hydrogen (secondary N) is 1. The van der Waals surface area contributed by atoms with Gasteiger partial charge < -0.3 is 14.6 Å². The van der Waals surface area contributed by atoms with Gasteiger partial charge in [0.05, 0.1) is 5.56 Å². The second-order valence-electron chi connectivity index (χ2n) is 7.73. The predicted octanol–water partition coefficient (Wildman–Crippen LogP) is 4.49. The lowest BCUT2D eigenvalue weighted by molar-refractivity contribution is 0.0905. The number of rotatable bonds is 5. The molecule has 0 radical (unpaired) electrons. The van der Waals surface area contributed by atoms with Crippen LogP contribution >= 0.6 is 0 Å². The number of hydrogen-bond donors (Lipinski definition) is 1. The van der Waals surface area contributed by atoms with Gasteiger partial charge in [0.25, 0.3) is 5.91 Å². The molecule has 1 amide bonds. The van der Waals surface area contributed by atoms with Gasteiger partial charge >= 0.3 is 0 Å². The Morgan fingerprint density at radius 2 is 1.77 bits per heavy atom. The van der Waals surface area contributed by atoms with Gasteiger partial charge in [-0.1, -0.05) is 30.3 Å². The largest absolute Gasteiger partial charge is 0.466 e. The molecule has 0 spiro atoms. The number of amides is 1. The van der Waals surface area contributed by atoms with E-state index >= 15 is 0 Å². The molecule has 1 saturated carbocycles. The third-order valence-electron chi connectivity index (χ3n) is 5.54. The zero-order valence-electron chi connectivity index (χ0n) is 16.3. The zero-order chi connectivity index (χ0) is 18.7. The molecule has 0 bridgehead atoms. The number of hydrogen-bond acceptors (Lipinski definition) is 3. The van der Waals surface area contributed by atoms with Crippen LogP contribution in [0.25, 0.3) is 0 Å². The second kappa shape index (κ2) is 8.09. The van der Waals surface area contributed by atoms with Crippen molar-refractivity contribution >= 4 is 5.91 Å². The smallest absolute Gasteiger partial charge is 0.255 e. The van der Waals surface area contributed by atoms with E-state index in [0.29, 0.717) is 23.3 Å². The first-order valence-corrected chi connectivity index (χ1v) is 9.55. The summed E-state index contributed by atoms with van der Waals surface area (Å²) in [5, 5.41) is 3.21. The van der Waals surface area contributed by atoms with Gasteiger partial charge in [0.2, 0.25) is 0 Å². The van der Waals surface area contributed by atoms with Crippen molar-refractivity contribution in [3.8, 4) is 0 Å². The molecule has 26 heavy (non-hydrogen) atoms. The molecule has 3 rings (SSSR count). The Kier molecular flexibility index (Phi) is 5.82. The number of carbonyl (C=O) groups excluding carboxylic acids is 1. The van der Waals surface area contributed by atoms with Crippen LogP contribution in [0, 0.1) is 19.8 Å². The number of benzene rings is 1. The van der Waals surface area contributed by atoms with E-state index in [9.17, 15) is 4.79 Å². The molecule has 0 aliphatic heterocycles. The standard InChI is InChI=1S/C22H30N2O2/c1-15-14-20(16(2)26-15)22(25)23-19-12-10-18(11-13-19)21(24(3)4)17-8-6-5-7-9-17/h5-9,14,18-19,21H,10-13H2,1-4H3,(H,23,25). The van der Waals surface area contributed by atoms with E-state index in [2.05, 4.69) is 54.6 Å². The van der Waals surface area contributed by atoms with E-state index in [4.69, 9.17) is 4.42 Å². The highest BCUT2D eigenvalue weighted by atomic mass is 16.3. The molecular weight excluding hydrogens is 324 g/mol. The van der Waals surface area contributed by atoms with Gasteiger partial charge in [0.1, 0.15) is 11.5 Å². The van der Waals surface area contributed by atoms with Crippen LogP contribution in [0.4, 0.5) is 0 Å². The Balaban J connectivity index is 1.60. The molecule has 1 heterocycles. The minimum atomic E-state index is -0.00461. The molecule has 1 aliphatic carbocycles. The topological polar surface area (TPSA) is 45.5 Å². The van der Waals surface area contributed by atoms with Crippen LogP contribution < -0.4 is 5.32 Å². The van der Waals surface area contributed by atoms with Crippen molar-refractivity contribution < 1.29 is 9.21 Å². The highest BCUT2D eigenvalue weighted by Crippen LogP contribution is 2.37. The third kappa shape index (κ3) is 4.18. The summed E-state index contributed by atoms with van der Waals surface area (Å²) in [4.78, 5) is 14.8. The highest BCUT2D eigenvalue weighted by molar-refractivity contribution is 5.95. The van der Waals surface area contributed by atoms with Crippen LogP contribution in [-0.2, 0) is 0 Å². The molecule has 0 saturated heterocycles. The predicted molar refractivity (Wildman–Crippen MR) is 104 cm³/mol. The summed E-state index contributed by atoms with van der Waals surface area (Å²) >= 11 is 0. The summed E-state index contributed by atoms with van der Waals surface area (Å²) in [5.41, 5.74) is 2.05. The number of carbonyl (C=O) groups is 1. The summed E-state index contributed by atoms with van der Waals surface area (Å²) in [6.45, 7) is 3.72. The minimum absolute atomic E-state index is 0.00461. The summed E-state index contributed by atoms with van der Waals surface area (Å²) in [7, 11) is 4.32. The first-order valence-electron chi connectivity index (χ1n) is 9.55. The van der Waals surface area contributed by atoms with Gasteiger partial charge in [-0.15, -0.1) is 0 Å². The molecule has 1 aliphatic rings. The van der Waals surface area contributed by atoms with Crippen LogP contribution in [0.2, 0.25) is 0 Å². The average molecular weight is 354 g/mol. The minimum Gasteiger partial charge on any atom is -0.466 e. The molecule has 1 N–H and O–H groups in total. The van der Waals surface area contributed by atoms with E-state index in [1.165, 1.54) is 5.56 Å².